The maximum Gasteiger partial charge on any atom is 0.240 e. The molecule has 0 aliphatic carbocycles. The van der Waals surface area contributed by atoms with Crippen molar-refractivity contribution >= 4 is 12.4 Å². The second-order valence-corrected chi connectivity index (χ2v) is 3.24. The van der Waals surface area contributed by atoms with E-state index in [0.717, 1.165) is 0 Å². The molecule has 0 aliphatic rings. The fraction of sp³-hybridized carbons (Fsp3) is 0.400. The number of halogens is 4. The summed E-state index contributed by atoms with van der Waals surface area (Å²) in [5.41, 5.74) is 6.48. The summed E-state index contributed by atoms with van der Waals surface area (Å²) in [6, 6.07) is 3.46. The van der Waals surface area contributed by atoms with E-state index in [1.165, 1.54) is 18.2 Å². The molecule has 0 aliphatic heterocycles. The number of rotatable bonds is 3. The summed E-state index contributed by atoms with van der Waals surface area (Å²) < 4.78 is 36.8. The molecule has 0 saturated carbocycles. The molecule has 86 valence electrons. The van der Waals surface area contributed by atoms with Crippen LogP contribution in [0.1, 0.15) is 23.6 Å². The van der Waals surface area contributed by atoms with Crippen LogP contribution in [0.3, 0.4) is 0 Å². The minimum atomic E-state index is -2.43. The summed E-state index contributed by atoms with van der Waals surface area (Å²) in [6.45, 7) is 1.58. The maximum absolute atomic E-state index is 12.8. The van der Waals surface area contributed by atoms with Crippen molar-refractivity contribution in [1.29, 1.82) is 0 Å². The Balaban J connectivity index is 0.00000196. The molecule has 0 radical (unpaired) electrons. The molecule has 1 atom stereocenters. The van der Waals surface area contributed by atoms with Crippen LogP contribution in [0.2, 0.25) is 0 Å². The molecule has 0 heterocycles. The van der Waals surface area contributed by atoms with E-state index >= 15 is 0 Å². The zero-order valence-electron chi connectivity index (χ0n) is 8.21. The van der Waals surface area contributed by atoms with Gasteiger partial charge in [-0.05, 0) is 24.1 Å². The molecule has 0 spiro atoms. The molecule has 1 rings (SSSR count). The van der Waals surface area contributed by atoms with Gasteiger partial charge in [0, 0.05) is 12.5 Å². The highest BCUT2D eigenvalue weighted by Gasteiger charge is 2.13. The number of nitrogens with two attached hydrogens (primary N) is 1. The number of hydrogen-bond donors (Lipinski definition) is 1. The Morgan fingerprint density at radius 1 is 1.33 bits per heavy atom. The second-order valence-electron chi connectivity index (χ2n) is 3.24. The van der Waals surface area contributed by atoms with Gasteiger partial charge in [-0.3, -0.25) is 0 Å². The van der Waals surface area contributed by atoms with Crippen molar-refractivity contribution in [3.63, 3.8) is 0 Å². The molecular weight excluding hydrogens is 227 g/mol. The number of aryl methyl sites for hydroxylation is 1. The summed E-state index contributed by atoms with van der Waals surface area (Å²) in [4.78, 5) is 0. The Bertz CT molecular complexity index is 318. The summed E-state index contributed by atoms with van der Waals surface area (Å²) in [6.07, 6.45) is -2.83. The predicted molar refractivity (Wildman–Crippen MR) is 55.9 cm³/mol. The van der Waals surface area contributed by atoms with Gasteiger partial charge >= 0.3 is 0 Å². The monoisotopic (exact) mass is 239 g/mol. The lowest BCUT2D eigenvalue weighted by molar-refractivity contribution is 0.128. The van der Waals surface area contributed by atoms with Crippen molar-refractivity contribution in [2.75, 3.05) is 0 Å². The van der Waals surface area contributed by atoms with Gasteiger partial charge in [0.1, 0.15) is 5.82 Å². The SMILES string of the molecule is Cc1cc([C@@H](N)CC(F)F)ccc1F.Cl. The van der Waals surface area contributed by atoms with Gasteiger partial charge in [-0.2, -0.15) is 0 Å². The van der Waals surface area contributed by atoms with Gasteiger partial charge in [0.05, 0.1) is 0 Å². The molecule has 0 bridgehead atoms. The fourth-order valence-electron chi connectivity index (χ4n) is 1.23. The highest BCUT2D eigenvalue weighted by molar-refractivity contribution is 5.85. The normalized spacial score (nSPS) is 12.4. The van der Waals surface area contributed by atoms with Gasteiger partial charge in [0.25, 0.3) is 0 Å². The third-order valence-electron chi connectivity index (χ3n) is 2.04. The van der Waals surface area contributed by atoms with E-state index in [1.54, 1.807) is 6.92 Å². The average molecular weight is 240 g/mol. The molecule has 15 heavy (non-hydrogen) atoms. The van der Waals surface area contributed by atoms with E-state index in [-0.39, 0.29) is 18.2 Å². The highest BCUT2D eigenvalue weighted by Crippen LogP contribution is 2.20. The standard InChI is InChI=1S/C10H12F3N.ClH/c1-6-4-7(2-3-8(6)11)9(14)5-10(12)13;/h2-4,9-10H,5,14H2,1H3;1H/t9-;/m0./s1. The minimum absolute atomic E-state index is 0. The van der Waals surface area contributed by atoms with Crippen LogP contribution in [0, 0.1) is 12.7 Å². The summed E-state index contributed by atoms with van der Waals surface area (Å²) in [5.74, 6) is -0.349. The molecular formula is C10H13ClF3N. The lowest BCUT2D eigenvalue weighted by Gasteiger charge is -2.12. The van der Waals surface area contributed by atoms with E-state index in [1.807, 2.05) is 0 Å². The summed E-state index contributed by atoms with van der Waals surface area (Å²) in [5, 5.41) is 0. The average Bonchev–Trinajstić information content (AvgIpc) is 2.08. The largest absolute Gasteiger partial charge is 0.324 e. The molecule has 0 saturated heterocycles. The molecule has 5 heteroatoms. The number of benzene rings is 1. The Hall–Kier alpha value is -0.740. The summed E-state index contributed by atoms with van der Waals surface area (Å²) in [7, 11) is 0. The third kappa shape index (κ3) is 4.10. The van der Waals surface area contributed by atoms with Crippen molar-refractivity contribution in [1.82, 2.24) is 0 Å². The van der Waals surface area contributed by atoms with Crippen LogP contribution in [0.4, 0.5) is 13.2 Å². The smallest absolute Gasteiger partial charge is 0.240 e. The van der Waals surface area contributed by atoms with Crippen molar-refractivity contribution in [2.45, 2.75) is 25.8 Å². The second kappa shape index (κ2) is 5.98. The van der Waals surface area contributed by atoms with Crippen LogP contribution in [0.15, 0.2) is 18.2 Å². The zero-order valence-corrected chi connectivity index (χ0v) is 9.03. The number of hydrogen-bond acceptors (Lipinski definition) is 1. The van der Waals surface area contributed by atoms with Crippen molar-refractivity contribution < 1.29 is 13.2 Å². The zero-order chi connectivity index (χ0) is 10.7. The van der Waals surface area contributed by atoms with Crippen molar-refractivity contribution in [2.24, 2.45) is 5.73 Å². The van der Waals surface area contributed by atoms with Gasteiger partial charge in [0.15, 0.2) is 0 Å². The molecule has 1 aromatic rings. The lowest BCUT2D eigenvalue weighted by atomic mass is 10.0. The van der Waals surface area contributed by atoms with Crippen LogP contribution in [0.25, 0.3) is 0 Å². The van der Waals surface area contributed by atoms with Crippen LogP contribution in [-0.2, 0) is 0 Å². The molecule has 0 fully saturated rings. The van der Waals surface area contributed by atoms with Gasteiger partial charge in [-0.1, -0.05) is 12.1 Å². The fourth-order valence-corrected chi connectivity index (χ4v) is 1.23. The van der Waals surface area contributed by atoms with Crippen LogP contribution in [-0.4, -0.2) is 6.43 Å². The predicted octanol–water partition coefficient (Wildman–Crippen LogP) is 3.21. The molecule has 2 N–H and O–H groups in total. The Labute approximate surface area is 92.9 Å². The molecule has 0 aromatic heterocycles. The minimum Gasteiger partial charge on any atom is -0.324 e. The molecule has 0 amide bonds. The Kier molecular flexibility index (Phi) is 5.68. The van der Waals surface area contributed by atoms with Crippen LogP contribution < -0.4 is 5.73 Å². The quantitative estimate of drug-likeness (QED) is 0.861. The third-order valence-corrected chi connectivity index (χ3v) is 2.04. The van der Waals surface area contributed by atoms with E-state index in [9.17, 15) is 13.2 Å². The van der Waals surface area contributed by atoms with Gasteiger partial charge < -0.3 is 5.73 Å². The molecule has 1 nitrogen and oxygen atoms in total. The number of alkyl halides is 2. The molecule has 0 unspecified atom stereocenters. The van der Waals surface area contributed by atoms with Gasteiger partial charge in [-0.25, -0.2) is 13.2 Å². The first-order valence-corrected chi connectivity index (χ1v) is 4.30. The first-order valence-electron chi connectivity index (χ1n) is 4.30. The van der Waals surface area contributed by atoms with E-state index in [2.05, 4.69) is 0 Å². The maximum atomic E-state index is 12.8. The first kappa shape index (κ1) is 14.3. The Morgan fingerprint density at radius 2 is 1.93 bits per heavy atom. The van der Waals surface area contributed by atoms with Crippen molar-refractivity contribution in [3.8, 4) is 0 Å². The van der Waals surface area contributed by atoms with E-state index in [4.69, 9.17) is 5.73 Å². The first-order chi connectivity index (χ1) is 6.50. The Morgan fingerprint density at radius 3 is 2.40 bits per heavy atom. The van der Waals surface area contributed by atoms with Gasteiger partial charge in [-0.15, -0.1) is 12.4 Å². The van der Waals surface area contributed by atoms with Gasteiger partial charge in [0.2, 0.25) is 6.43 Å². The van der Waals surface area contributed by atoms with Crippen LogP contribution in [0.5, 0.6) is 0 Å². The topological polar surface area (TPSA) is 26.0 Å². The van der Waals surface area contributed by atoms with Crippen molar-refractivity contribution in [3.05, 3.63) is 35.1 Å². The summed E-state index contributed by atoms with van der Waals surface area (Å²) >= 11 is 0. The molecule has 1 aromatic carbocycles. The van der Waals surface area contributed by atoms with Crippen LogP contribution >= 0.6 is 12.4 Å². The van der Waals surface area contributed by atoms with E-state index in [0.29, 0.717) is 11.1 Å². The van der Waals surface area contributed by atoms with E-state index < -0.39 is 18.9 Å². The lowest BCUT2D eigenvalue weighted by Crippen LogP contribution is -2.14. The highest BCUT2D eigenvalue weighted by atomic mass is 35.5.